The quantitative estimate of drug-likeness (QED) is 0.158. The van der Waals surface area contributed by atoms with Crippen molar-refractivity contribution in [1.82, 2.24) is 0 Å². The third-order valence-corrected chi connectivity index (χ3v) is 11.8. The Morgan fingerprint density at radius 2 is 0.929 bits per heavy atom. The average Bonchev–Trinajstić information content (AvgIpc) is 3.61. The standard InChI is InChI=1S/C54H38N2/c1-3-15-37(16-4-1)39-29-34-54-51(35-39)49-24-12-14-26-53(49)56(54)52-25-13-11-19-43(52)38-27-30-41(31-28-38)55(40-17-5-2-6-18-40)42-32-33-48-46-22-8-7-20-44(46)45-21-9-10-23-47(45)50(48)36-42/h1-36,51,54H. The van der Waals surface area contributed by atoms with Crippen molar-refractivity contribution in [1.29, 1.82) is 0 Å². The molecule has 2 aliphatic rings. The zero-order valence-corrected chi connectivity index (χ0v) is 30.8. The van der Waals surface area contributed by atoms with Crippen molar-refractivity contribution in [3.63, 3.8) is 0 Å². The number of hydrogen-bond acceptors (Lipinski definition) is 2. The SMILES string of the molecule is C1=CC2C(C=C1c1ccccc1)c1ccccc1N2c1ccccc1-c1ccc(N(c2ccccc2)c2ccc3c4ccccc4c4ccccc4c3c2)cc1. The van der Waals surface area contributed by atoms with Crippen molar-refractivity contribution < 1.29 is 0 Å². The zero-order valence-electron chi connectivity index (χ0n) is 30.8. The lowest BCUT2D eigenvalue weighted by Gasteiger charge is -2.31. The molecule has 1 heterocycles. The monoisotopic (exact) mass is 714 g/mol. The summed E-state index contributed by atoms with van der Waals surface area (Å²) in [6.45, 7) is 0. The van der Waals surface area contributed by atoms with Crippen molar-refractivity contribution in [2.45, 2.75) is 12.0 Å². The van der Waals surface area contributed by atoms with Crippen LogP contribution in [0.3, 0.4) is 0 Å². The number of anilines is 5. The summed E-state index contributed by atoms with van der Waals surface area (Å²) in [5.41, 5.74) is 12.2. The van der Waals surface area contributed by atoms with Crippen LogP contribution in [0.25, 0.3) is 49.0 Å². The van der Waals surface area contributed by atoms with Crippen LogP contribution < -0.4 is 9.80 Å². The molecule has 0 fully saturated rings. The van der Waals surface area contributed by atoms with Crippen LogP contribution >= 0.6 is 0 Å². The molecule has 56 heavy (non-hydrogen) atoms. The minimum Gasteiger partial charge on any atom is -0.333 e. The lowest BCUT2D eigenvalue weighted by atomic mass is 9.86. The molecule has 2 heteroatoms. The predicted octanol–water partition coefficient (Wildman–Crippen LogP) is 14.5. The molecular weight excluding hydrogens is 677 g/mol. The first-order valence-corrected chi connectivity index (χ1v) is 19.5. The molecule has 264 valence electrons. The van der Waals surface area contributed by atoms with Crippen molar-refractivity contribution in [2.24, 2.45) is 0 Å². The van der Waals surface area contributed by atoms with Gasteiger partial charge in [-0.3, -0.25) is 0 Å². The summed E-state index contributed by atoms with van der Waals surface area (Å²) in [7, 11) is 0. The number of rotatable bonds is 6. The van der Waals surface area contributed by atoms with Crippen LogP contribution in [0.15, 0.2) is 218 Å². The van der Waals surface area contributed by atoms with Crippen LogP contribution in [0.1, 0.15) is 17.0 Å². The zero-order chi connectivity index (χ0) is 37.0. The summed E-state index contributed by atoms with van der Waals surface area (Å²) < 4.78 is 0. The largest absolute Gasteiger partial charge is 0.333 e. The van der Waals surface area contributed by atoms with Crippen LogP contribution in [0.5, 0.6) is 0 Å². The number of nitrogens with zero attached hydrogens (tertiary/aromatic N) is 2. The summed E-state index contributed by atoms with van der Waals surface area (Å²) >= 11 is 0. The van der Waals surface area contributed by atoms with Gasteiger partial charge in [0.2, 0.25) is 0 Å². The van der Waals surface area contributed by atoms with E-state index in [0.29, 0.717) is 0 Å². The van der Waals surface area contributed by atoms with Crippen molar-refractivity contribution >= 4 is 66.3 Å². The second kappa shape index (κ2) is 13.3. The van der Waals surface area contributed by atoms with Crippen LogP contribution in [-0.4, -0.2) is 6.04 Å². The lowest BCUT2D eigenvalue weighted by molar-refractivity contribution is 0.747. The number of fused-ring (bicyclic) bond motifs is 9. The second-order valence-electron chi connectivity index (χ2n) is 14.8. The van der Waals surface area contributed by atoms with Gasteiger partial charge >= 0.3 is 0 Å². The van der Waals surface area contributed by atoms with E-state index in [1.807, 2.05) is 0 Å². The molecule has 11 rings (SSSR count). The van der Waals surface area contributed by atoms with Gasteiger partial charge in [0, 0.05) is 39.9 Å². The third kappa shape index (κ3) is 5.26. The molecule has 9 aromatic rings. The van der Waals surface area contributed by atoms with E-state index in [1.165, 1.54) is 71.5 Å². The fourth-order valence-electron chi connectivity index (χ4n) is 9.23. The van der Waals surface area contributed by atoms with E-state index in [2.05, 4.69) is 228 Å². The molecule has 0 saturated heterocycles. The van der Waals surface area contributed by atoms with E-state index in [4.69, 9.17) is 0 Å². The number of para-hydroxylation sites is 3. The Labute approximate surface area is 327 Å². The smallest absolute Gasteiger partial charge is 0.0630 e. The Bertz CT molecular complexity index is 2940. The molecule has 2 unspecified atom stereocenters. The van der Waals surface area contributed by atoms with Gasteiger partial charge in [-0.15, -0.1) is 0 Å². The highest BCUT2D eigenvalue weighted by Gasteiger charge is 2.39. The van der Waals surface area contributed by atoms with Gasteiger partial charge in [-0.25, -0.2) is 0 Å². The third-order valence-electron chi connectivity index (χ3n) is 11.8. The molecule has 0 radical (unpaired) electrons. The molecule has 0 amide bonds. The van der Waals surface area contributed by atoms with Gasteiger partial charge in [-0.2, -0.15) is 0 Å². The van der Waals surface area contributed by atoms with Crippen molar-refractivity contribution in [3.05, 3.63) is 230 Å². The lowest BCUT2D eigenvalue weighted by Crippen LogP contribution is -2.29. The Morgan fingerprint density at radius 1 is 0.393 bits per heavy atom. The van der Waals surface area contributed by atoms with E-state index in [1.54, 1.807) is 0 Å². The normalized spacial score (nSPS) is 15.9. The minimum atomic E-state index is 0.190. The van der Waals surface area contributed by atoms with Crippen LogP contribution in [0, 0.1) is 0 Å². The summed E-state index contributed by atoms with van der Waals surface area (Å²) in [5, 5.41) is 7.66. The molecule has 0 N–H and O–H groups in total. The minimum absolute atomic E-state index is 0.190. The van der Waals surface area contributed by atoms with Gasteiger partial charge in [0.1, 0.15) is 0 Å². The van der Waals surface area contributed by atoms with Gasteiger partial charge < -0.3 is 9.80 Å². The van der Waals surface area contributed by atoms with E-state index in [-0.39, 0.29) is 12.0 Å². The second-order valence-corrected chi connectivity index (χ2v) is 14.8. The van der Waals surface area contributed by atoms with Gasteiger partial charge in [-0.1, -0.05) is 170 Å². The van der Waals surface area contributed by atoms with E-state index in [0.717, 1.165) is 17.1 Å². The molecule has 2 atom stereocenters. The highest BCUT2D eigenvalue weighted by atomic mass is 15.2. The molecule has 1 aliphatic carbocycles. The average molecular weight is 715 g/mol. The van der Waals surface area contributed by atoms with E-state index >= 15 is 0 Å². The molecular formula is C54H38N2. The predicted molar refractivity (Wildman–Crippen MR) is 238 cm³/mol. The maximum atomic E-state index is 2.55. The summed E-state index contributed by atoms with van der Waals surface area (Å²) in [6.07, 6.45) is 7.18. The number of benzene rings is 9. The van der Waals surface area contributed by atoms with Crippen LogP contribution in [-0.2, 0) is 0 Å². The van der Waals surface area contributed by atoms with Gasteiger partial charge in [0.05, 0.1) is 6.04 Å². The summed E-state index contributed by atoms with van der Waals surface area (Å²) in [5.74, 6) is 0.262. The molecule has 0 aromatic heterocycles. The van der Waals surface area contributed by atoms with E-state index < -0.39 is 0 Å². The fraction of sp³-hybridized carbons (Fsp3) is 0.0370. The molecule has 0 bridgehead atoms. The van der Waals surface area contributed by atoms with Crippen molar-refractivity contribution in [3.8, 4) is 11.1 Å². The summed E-state index contributed by atoms with van der Waals surface area (Å²) in [4.78, 5) is 4.93. The number of hydrogen-bond donors (Lipinski definition) is 0. The first kappa shape index (κ1) is 32.3. The maximum Gasteiger partial charge on any atom is 0.0630 e. The van der Waals surface area contributed by atoms with Crippen LogP contribution in [0.2, 0.25) is 0 Å². The molecule has 0 spiro atoms. The Hall–Kier alpha value is -7.16. The Balaban J connectivity index is 1.000. The first-order valence-electron chi connectivity index (χ1n) is 19.5. The van der Waals surface area contributed by atoms with Gasteiger partial charge in [0.25, 0.3) is 0 Å². The molecule has 0 saturated carbocycles. The van der Waals surface area contributed by atoms with Gasteiger partial charge in [-0.05, 0) is 103 Å². The highest BCUT2D eigenvalue weighted by molar-refractivity contribution is 6.25. The van der Waals surface area contributed by atoms with E-state index in [9.17, 15) is 0 Å². The summed E-state index contributed by atoms with van der Waals surface area (Å²) in [6, 6.07) is 73.1. The Morgan fingerprint density at radius 3 is 1.64 bits per heavy atom. The molecule has 1 aliphatic heterocycles. The fourth-order valence-corrected chi connectivity index (χ4v) is 9.23. The topological polar surface area (TPSA) is 6.48 Å². The first-order chi connectivity index (χ1) is 27.8. The maximum absolute atomic E-state index is 2.55. The Kier molecular flexibility index (Phi) is 7.67. The van der Waals surface area contributed by atoms with Crippen LogP contribution in [0.4, 0.5) is 28.4 Å². The highest BCUT2D eigenvalue weighted by Crippen LogP contribution is 2.51. The van der Waals surface area contributed by atoms with Gasteiger partial charge in [0.15, 0.2) is 0 Å². The number of allylic oxidation sites excluding steroid dienone is 2. The van der Waals surface area contributed by atoms with Crippen molar-refractivity contribution in [2.75, 3.05) is 9.80 Å². The molecule has 2 nitrogen and oxygen atoms in total. The molecule has 9 aromatic carbocycles.